The standard InChI is InChI=1S/C20H23NO6/c22-20(23)19-15-7-3-1-2-4-9-16-10-6-11-17(21-16)13-14-24-26-27-25-18(19)12-5-8-15/h1-5,7-9,12,17,19,21H,6,10-11,13-14H2,(H,22,23). The van der Waals surface area contributed by atoms with E-state index >= 15 is 0 Å². The number of carboxylic acid groups (broad SMARTS) is 1. The maximum absolute atomic E-state index is 11.6. The number of nitrogens with one attached hydrogen (secondary N) is 1. The molecule has 1 saturated heterocycles. The van der Waals surface area contributed by atoms with Crippen molar-refractivity contribution in [3.63, 3.8) is 0 Å². The molecule has 3 aliphatic rings. The molecule has 27 heavy (non-hydrogen) atoms. The zero-order valence-corrected chi connectivity index (χ0v) is 14.9. The third kappa shape index (κ3) is 5.68. The summed E-state index contributed by atoms with van der Waals surface area (Å²) in [6, 6.07) is 0.311. The van der Waals surface area contributed by atoms with Gasteiger partial charge in [0.2, 0.25) is 0 Å². The zero-order chi connectivity index (χ0) is 18.9. The summed E-state index contributed by atoms with van der Waals surface area (Å²) in [6.45, 7) is 0.319. The number of allylic oxidation sites excluding steroid dienone is 10. The molecule has 2 N–H and O–H groups in total. The Morgan fingerprint density at radius 3 is 2.74 bits per heavy atom. The summed E-state index contributed by atoms with van der Waals surface area (Å²) < 4.78 is 0. The van der Waals surface area contributed by atoms with Crippen LogP contribution in [0.25, 0.3) is 0 Å². The van der Waals surface area contributed by atoms with Crippen molar-refractivity contribution in [2.75, 3.05) is 6.61 Å². The minimum Gasteiger partial charge on any atom is -0.480 e. The number of rotatable bonds is 1. The van der Waals surface area contributed by atoms with Crippen molar-refractivity contribution in [3.8, 4) is 0 Å². The van der Waals surface area contributed by atoms with Crippen LogP contribution in [0.1, 0.15) is 25.7 Å². The second-order valence-corrected chi connectivity index (χ2v) is 6.39. The average molecular weight is 373 g/mol. The lowest BCUT2D eigenvalue weighted by molar-refractivity contribution is -0.625. The number of carboxylic acids is 1. The van der Waals surface area contributed by atoms with Crippen LogP contribution in [0.4, 0.5) is 0 Å². The van der Waals surface area contributed by atoms with Crippen molar-refractivity contribution in [3.05, 3.63) is 71.7 Å². The summed E-state index contributed by atoms with van der Waals surface area (Å²) in [4.78, 5) is 21.6. The lowest BCUT2D eigenvalue weighted by Crippen LogP contribution is -2.33. The highest BCUT2D eigenvalue weighted by Gasteiger charge is 2.29. The Bertz CT molecular complexity index is 716. The molecule has 0 saturated carbocycles. The summed E-state index contributed by atoms with van der Waals surface area (Å²) in [5.74, 6) is -1.94. The topological polar surface area (TPSA) is 86.3 Å². The predicted molar refractivity (Wildman–Crippen MR) is 97.4 cm³/mol. The van der Waals surface area contributed by atoms with E-state index in [0.717, 1.165) is 25.7 Å². The van der Waals surface area contributed by atoms with Gasteiger partial charge in [0, 0.05) is 16.8 Å². The van der Waals surface area contributed by atoms with Crippen LogP contribution in [0.5, 0.6) is 0 Å². The van der Waals surface area contributed by atoms with Gasteiger partial charge in [0.1, 0.15) is 5.92 Å². The molecule has 0 spiro atoms. The molecular formula is C20H23NO6. The molecule has 2 heterocycles. The molecule has 2 atom stereocenters. The van der Waals surface area contributed by atoms with Crippen LogP contribution in [0.15, 0.2) is 71.7 Å². The zero-order valence-electron chi connectivity index (χ0n) is 14.9. The van der Waals surface area contributed by atoms with Crippen molar-refractivity contribution < 1.29 is 29.8 Å². The molecule has 3 rings (SSSR count). The van der Waals surface area contributed by atoms with Gasteiger partial charge in [0.25, 0.3) is 0 Å². The van der Waals surface area contributed by atoms with E-state index in [0.29, 0.717) is 18.2 Å². The maximum atomic E-state index is 11.6. The van der Waals surface area contributed by atoms with Gasteiger partial charge in [-0.25, -0.2) is 4.89 Å². The van der Waals surface area contributed by atoms with Crippen LogP contribution in [0.2, 0.25) is 0 Å². The average Bonchev–Trinajstić information content (AvgIpc) is 2.66. The van der Waals surface area contributed by atoms with E-state index in [9.17, 15) is 9.90 Å². The summed E-state index contributed by atoms with van der Waals surface area (Å²) >= 11 is 0. The number of carbonyl (C=O) groups is 1. The largest absolute Gasteiger partial charge is 0.480 e. The molecule has 0 radical (unpaired) electrons. The summed E-state index contributed by atoms with van der Waals surface area (Å²) in [5, 5.41) is 22.1. The molecule has 2 aliphatic heterocycles. The van der Waals surface area contributed by atoms with Crippen LogP contribution in [0.3, 0.4) is 0 Å². The summed E-state index contributed by atoms with van der Waals surface area (Å²) in [5.41, 5.74) is 1.75. The Labute approximate surface area is 157 Å². The normalized spacial score (nSPS) is 26.4. The SMILES string of the molecule is O=C(O)C1C2=CC=CC=CC=C3CCCC(CCOOOOC1=CC=C2)N3. The smallest absolute Gasteiger partial charge is 0.318 e. The second kappa shape index (κ2) is 9.91. The lowest BCUT2D eigenvalue weighted by Gasteiger charge is -2.26. The minimum absolute atomic E-state index is 0.103. The fourth-order valence-electron chi connectivity index (χ4n) is 3.16. The second-order valence-electron chi connectivity index (χ2n) is 6.39. The molecule has 1 fully saturated rings. The van der Waals surface area contributed by atoms with E-state index in [2.05, 4.69) is 21.5 Å². The van der Waals surface area contributed by atoms with E-state index in [-0.39, 0.29) is 5.76 Å². The third-order valence-electron chi connectivity index (χ3n) is 4.48. The molecule has 144 valence electrons. The Kier molecular flexibility index (Phi) is 7.04. The fourth-order valence-corrected chi connectivity index (χ4v) is 3.16. The Hall–Kier alpha value is -2.61. The van der Waals surface area contributed by atoms with E-state index in [1.54, 1.807) is 24.3 Å². The first-order valence-electron chi connectivity index (χ1n) is 8.98. The van der Waals surface area contributed by atoms with Gasteiger partial charge < -0.3 is 15.3 Å². The van der Waals surface area contributed by atoms with Crippen molar-refractivity contribution in [2.45, 2.75) is 31.7 Å². The molecular weight excluding hydrogens is 350 g/mol. The molecule has 7 nitrogen and oxygen atoms in total. The van der Waals surface area contributed by atoms with Gasteiger partial charge >= 0.3 is 5.97 Å². The minimum atomic E-state index is -1.05. The van der Waals surface area contributed by atoms with Gasteiger partial charge in [0.05, 0.1) is 6.61 Å². The number of aliphatic carboxylic acids is 1. The van der Waals surface area contributed by atoms with E-state index in [4.69, 9.17) is 9.78 Å². The molecule has 0 aromatic carbocycles. The maximum Gasteiger partial charge on any atom is 0.318 e. The van der Waals surface area contributed by atoms with Crippen molar-refractivity contribution >= 4 is 5.97 Å². The van der Waals surface area contributed by atoms with Crippen LogP contribution < -0.4 is 5.32 Å². The summed E-state index contributed by atoms with van der Waals surface area (Å²) in [6.07, 6.45) is 20.2. The van der Waals surface area contributed by atoms with Crippen molar-refractivity contribution in [1.29, 1.82) is 0 Å². The van der Waals surface area contributed by atoms with Crippen molar-refractivity contribution in [2.24, 2.45) is 5.92 Å². The van der Waals surface area contributed by atoms with Gasteiger partial charge in [-0.1, -0.05) is 42.5 Å². The summed E-state index contributed by atoms with van der Waals surface area (Å²) in [7, 11) is 0. The highest BCUT2D eigenvalue weighted by Crippen LogP contribution is 2.27. The molecule has 0 aromatic rings. The van der Waals surface area contributed by atoms with Gasteiger partial charge in [-0.3, -0.25) is 4.79 Å². The molecule has 7 heteroatoms. The predicted octanol–water partition coefficient (Wildman–Crippen LogP) is 3.42. The van der Waals surface area contributed by atoms with Crippen LogP contribution >= 0.6 is 0 Å². The molecule has 1 aliphatic carbocycles. The fraction of sp³-hybridized carbons (Fsp3) is 0.350. The number of hydrogen-bond acceptors (Lipinski definition) is 6. The lowest BCUT2D eigenvalue weighted by atomic mass is 9.92. The quantitative estimate of drug-likeness (QED) is 0.681. The van der Waals surface area contributed by atoms with Crippen LogP contribution in [0, 0.1) is 5.92 Å². The third-order valence-corrected chi connectivity index (χ3v) is 4.48. The monoisotopic (exact) mass is 373 g/mol. The van der Waals surface area contributed by atoms with Crippen molar-refractivity contribution in [1.82, 2.24) is 5.32 Å². The Morgan fingerprint density at radius 1 is 1.04 bits per heavy atom. The van der Waals surface area contributed by atoms with E-state index < -0.39 is 11.9 Å². The Balaban J connectivity index is 1.76. The molecule has 2 unspecified atom stereocenters. The van der Waals surface area contributed by atoms with E-state index in [1.165, 1.54) is 11.8 Å². The highest BCUT2D eigenvalue weighted by molar-refractivity contribution is 5.79. The first kappa shape index (κ1) is 19.2. The molecule has 4 bridgehead atoms. The van der Waals surface area contributed by atoms with Gasteiger partial charge in [-0.05, 0) is 48.4 Å². The highest BCUT2D eigenvalue weighted by atomic mass is 17.7. The number of fused-ring (bicyclic) bond motifs is 4. The number of piperidine rings is 1. The number of hydrogen-bond donors (Lipinski definition) is 2. The first-order valence-corrected chi connectivity index (χ1v) is 8.98. The Morgan fingerprint density at radius 2 is 1.89 bits per heavy atom. The molecule has 0 amide bonds. The van der Waals surface area contributed by atoms with Gasteiger partial charge in [0.15, 0.2) is 5.76 Å². The van der Waals surface area contributed by atoms with Crippen LogP contribution in [-0.4, -0.2) is 23.7 Å². The van der Waals surface area contributed by atoms with Gasteiger partial charge in [-0.2, -0.15) is 0 Å². The first-order chi connectivity index (χ1) is 13.2. The van der Waals surface area contributed by atoms with Gasteiger partial charge in [-0.15, -0.1) is 0 Å². The van der Waals surface area contributed by atoms with Crippen LogP contribution in [-0.2, 0) is 24.6 Å². The molecule has 0 aromatic heterocycles. The van der Waals surface area contributed by atoms with E-state index in [1.807, 2.05) is 18.2 Å².